The van der Waals surface area contributed by atoms with Gasteiger partial charge in [0.15, 0.2) is 6.10 Å². The molecule has 0 aromatic heterocycles. The number of likely N-dealkylation sites (tertiary alicyclic amines) is 1. The van der Waals surface area contributed by atoms with Gasteiger partial charge in [-0.3, -0.25) is 9.69 Å². The second-order valence-electron chi connectivity index (χ2n) is 7.13. The van der Waals surface area contributed by atoms with Gasteiger partial charge in [0.05, 0.1) is 5.54 Å². The van der Waals surface area contributed by atoms with Crippen LogP contribution in [-0.2, 0) is 16.1 Å². The zero-order valence-corrected chi connectivity index (χ0v) is 14.9. The van der Waals surface area contributed by atoms with Crippen molar-refractivity contribution in [2.24, 2.45) is 0 Å². The molecule has 2 saturated heterocycles. The number of anilines is 1. The molecule has 1 amide bonds. The fraction of sp³-hybridized carbons (Fsp3) is 0.381. The Morgan fingerprint density at radius 2 is 1.85 bits per heavy atom. The van der Waals surface area contributed by atoms with Crippen molar-refractivity contribution in [3.05, 3.63) is 66.0 Å². The van der Waals surface area contributed by atoms with Gasteiger partial charge in [-0.15, -0.1) is 0 Å². The molecule has 26 heavy (non-hydrogen) atoms. The minimum atomic E-state index is -0.440. The van der Waals surface area contributed by atoms with Gasteiger partial charge in [0.2, 0.25) is 0 Å². The van der Waals surface area contributed by atoms with E-state index in [-0.39, 0.29) is 17.3 Å². The van der Waals surface area contributed by atoms with Crippen LogP contribution in [0.2, 0.25) is 0 Å². The second kappa shape index (κ2) is 6.82. The van der Waals surface area contributed by atoms with Crippen molar-refractivity contribution < 1.29 is 13.9 Å². The monoisotopic (exact) mass is 354 g/mol. The highest BCUT2D eigenvalue weighted by Crippen LogP contribution is 2.45. The molecule has 1 atom stereocenters. The Morgan fingerprint density at radius 1 is 1.12 bits per heavy atom. The number of carbonyl (C=O) groups is 1. The molecule has 0 aliphatic carbocycles. The first-order valence-corrected chi connectivity index (χ1v) is 9.03. The molecule has 136 valence electrons. The number of halogens is 1. The van der Waals surface area contributed by atoms with Crippen molar-refractivity contribution in [2.75, 3.05) is 25.1 Å². The molecule has 1 spiro atoms. The maximum atomic E-state index is 13.7. The predicted octanol–water partition coefficient (Wildman–Crippen LogP) is 3.22. The van der Waals surface area contributed by atoms with E-state index in [1.165, 1.54) is 17.7 Å². The quantitative estimate of drug-likeness (QED) is 0.791. The zero-order valence-electron chi connectivity index (χ0n) is 14.9. The molecule has 2 aromatic carbocycles. The maximum Gasteiger partial charge on any atom is 0.259 e. The molecule has 5 heteroatoms. The number of benzene rings is 2. The van der Waals surface area contributed by atoms with E-state index in [9.17, 15) is 9.18 Å². The third-order valence-corrected chi connectivity index (χ3v) is 5.65. The van der Waals surface area contributed by atoms with Gasteiger partial charge in [0.25, 0.3) is 5.91 Å². The number of hydrogen-bond acceptors (Lipinski definition) is 3. The summed E-state index contributed by atoms with van der Waals surface area (Å²) in [5.41, 5.74) is 1.55. The summed E-state index contributed by atoms with van der Waals surface area (Å²) in [7, 11) is 1.59. The number of nitrogens with zero attached hydrogens (tertiary/aromatic N) is 2. The molecular formula is C21H23FN2O2. The van der Waals surface area contributed by atoms with Crippen LogP contribution in [0.15, 0.2) is 54.6 Å². The third-order valence-electron chi connectivity index (χ3n) is 5.65. The number of carbonyl (C=O) groups excluding carboxylic acids is 1. The van der Waals surface area contributed by atoms with Crippen LogP contribution in [0.4, 0.5) is 10.1 Å². The lowest BCUT2D eigenvalue weighted by Gasteiger charge is -2.59. The Kier molecular flexibility index (Phi) is 4.51. The first-order valence-electron chi connectivity index (χ1n) is 9.03. The lowest BCUT2D eigenvalue weighted by molar-refractivity contribution is -0.151. The third kappa shape index (κ3) is 2.81. The predicted molar refractivity (Wildman–Crippen MR) is 98.4 cm³/mol. The van der Waals surface area contributed by atoms with Crippen LogP contribution in [-0.4, -0.2) is 42.6 Å². The Bertz CT molecular complexity index is 788. The van der Waals surface area contributed by atoms with E-state index in [4.69, 9.17) is 4.74 Å². The van der Waals surface area contributed by atoms with Gasteiger partial charge in [-0.2, -0.15) is 0 Å². The number of amides is 1. The van der Waals surface area contributed by atoms with Gasteiger partial charge in [-0.05, 0) is 36.6 Å². The van der Waals surface area contributed by atoms with Crippen molar-refractivity contribution in [3.8, 4) is 0 Å². The lowest BCUT2D eigenvalue weighted by Crippen LogP contribution is -2.77. The minimum absolute atomic E-state index is 0.0744. The van der Waals surface area contributed by atoms with E-state index in [0.29, 0.717) is 5.69 Å². The van der Waals surface area contributed by atoms with Gasteiger partial charge < -0.3 is 9.64 Å². The normalized spacial score (nSPS) is 22.5. The molecule has 1 unspecified atom stereocenters. The van der Waals surface area contributed by atoms with Crippen LogP contribution >= 0.6 is 0 Å². The largest absolute Gasteiger partial charge is 0.369 e. The van der Waals surface area contributed by atoms with Gasteiger partial charge >= 0.3 is 0 Å². The highest BCUT2D eigenvalue weighted by Gasteiger charge is 2.61. The smallest absolute Gasteiger partial charge is 0.259 e. The van der Waals surface area contributed by atoms with Crippen molar-refractivity contribution in [1.29, 1.82) is 0 Å². The van der Waals surface area contributed by atoms with Crippen molar-refractivity contribution in [1.82, 2.24) is 4.90 Å². The van der Waals surface area contributed by atoms with E-state index < -0.39 is 6.10 Å². The van der Waals surface area contributed by atoms with Gasteiger partial charge in [0, 0.05) is 32.4 Å². The summed E-state index contributed by atoms with van der Waals surface area (Å²) in [6.45, 7) is 2.67. The standard InChI is InChI=1S/C21H23FN2O2/c1-26-19-20(25)24(18-9-5-8-17(22)14-18)21(19)10-12-23(13-11-21)15-16-6-3-2-4-7-16/h2-9,14,19H,10-13,15H2,1H3. The minimum Gasteiger partial charge on any atom is -0.369 e. The fourth-order valence-corrected chi connectivity index (χ4v) is 4.36. The molecule has 4 rings (SSSR count). The van der Waals surface area contributed by atoms with E-state index in [2.05, 4.69) is 29.2 Å². The Labute approximate surface area is 153 Å². The van der Waals surface area contributed by atoms with E-state index in [1.54, 1.807) is 24.1 Å². The van der Waals surface area contributed by atoms with Crippen LogP contribution < -0.4 is 4.90 Å². The fourth-order valence-electron chi connectivity index (χ4n) is 4.36. The van der Waals surface area contributed by atoms with Gasteiger partial charge in [0.1, 0.15) is 5.82 Å². The zero-order chi connectivity index (χ0) is 18.1. The molecule has 2 aliphatic rings. The summed E-state index contributed by atoms with van der Waals surface area (Å²) in [6, 6.07) is 16.7. The Morgan fingerprint density at radius 3 is 2.50 bits per heavy atom. The van der Waals surface area contributed by atoms with Crippen LogP contribution in [0.25, 0.3) is 0 Å². The summed E-state index contributed by atoms with van der Waals surface area (Å²) < 4.78 is 19.2. The number of β-lactam (4-membered cyclic amide) rings is 1. The molecule has 0 bridgehead atoms. The number of ether oxygens (including phenoxy) is 1. The molecule has 4 nitrogen and oxygen atoms in total. The first-order chi connectivity index (χ1) is 12.6. The summed E-state index contributed by atoms with van der Waals surface area (Å²) >= 11 is 0. The number of hydrogen-bond donors (Lipinski definition) is 0. The van der Waals surface area contributed by atoms with Crippen molar-refractivity contribution >= 4 is 11.6 Å². The highest BCUT2D eigenvalue weighted by molar-refractivity contribution is 6.06. The molecule has 0 N–H and O–H groups in total. The second-order valence-corrected chi connectivity index (χ2v) is 7.13. The first kappa shape index (κ1) is 17.2. The topological polar surface area (TPSA) is 32.8 Å². The summed E-state index contributed by atoms with van der Waals surface area (Å²) in [5, 5.41) is 0. The van der Waals surface area contributed by atoms with Crippen molar-refractivity contribution in [3.63, 3.8) is 0 Å². The number of methoxy groups -OCH3 is 1. The van der Waals surface area contributed by atoms with Gasteiger partial charge in [-0.25, -0.2) is 4.39 Å². The van der Waals surface area contributed by atoms with E-state index in [0.717, 1.165) is 32.5 Å². The number of rotatable bonds is 4. The average Bonchev–Trinajstić information content (AvgIpc) is 2.65. The van der Waals surface area contributed by atoms with Crippen LogP contribution in [0.1, 0.15) is 18.4 Å². The molecule has 2 fully saturated rings. The Hall–Kier alpha value is -2.24. The van der Waals surface area contributed by atoms with E-state index in [1.807, 2.05) is 6.07 Å². The van der Waals surface area contributed by atoms with E-state index >= 15 is 0 Å². The number of piperidine rings is 1. The molecule has 2 heterocycles. The lowest BCUT2D eigenvalue weighted by atomic mass is 9.72. The van der Waals surface area contributed by atoms with Crippen LogP contribution in [0.5, 0.6) is 0 Å². The molecule has 0 radical (unpaired) electrons. The molecule has 0 saturated carbocycles. The summed E-state index contributed by atoms with van der Waals surface area (Å²) in [6.07, 6.45) is 1.20. The van der Waals surface area contributed by atoms with Crippen molar-refractivity contribution in [2.45, 2.75) is 31.0 Å². The van der Waals surface area contributed by atoms with Crippen LogP contribution in [0.3, 0.4) is 0 Å². The Balaban J connectivity index is 1.52. The molecule has 2 aromatic rings. The SMILES string of the molecule is COC1C(=O)N(c2cccc(F)c2)C12CCN(Cc1ccccc1)CC2. The summed E-state index contributed by atoms with van der Waals surface area (Å²) in [4.78, 5) is 16.8. The maximum absolute atomic E-state index is 13.7. The average molecular weight is 354 g/mol. The van der Waals surface area contributed by atoms with Gasteiger partial charge in [-0.1, -0.05) is 36.4 Å². The molecule has 2 aliphatic heterocycles. The van der Waals surface area contributed by atoms with Crippen LogP contribution in [0, 0.1) is 5.82 Å². The summed E-state index contributed by atoms with van der Waals surface area (Å²) in [5.74, 6) is -0.401. The molecular weight excluding hydrogens is 331 g/mol. The highest BCUT2D eigenvalue weighted by atomic mass is 19.1.